The molecule has 1 unspecified atom stereocenters. The molecule has 0 spiro atoms. The van der Waals surface area contributed by atoms with E-state index < -0.39 is 6.10 Å². The lowest BCUT2D eigenvalue weighted by Gasteiger charge is -2.15. The number of benzene rings is 1. The van der Waals surface area contributed by atoms with Crippen molar-refractivity contribution in [3.63, 3.8) is 0 Å². The van der Waals surface area contributed by atoms with Crippen LogP contribution in [0.3, 0.4) is 0 Å². The molecular weight excluding hydrogens is 186 g/mol. The van der Waals surface area contributed by atoms with Gasteiger partial charge in [0.1, 0.15) is 6.10 Å². The van der Waals surface area contributed by atoms with E-state index in [1.54, 1.807) is 6.20 Å². The summed E-state index contributed by atoms with van der Waals surface area (Å²) in [7, 11) is 0. The predicted molar refractivity (Wildman–Crippen MR) is 62.1 cm³/mol. The Morgan fingerprint density at radius 2 is 2.13 bits per heavy atom. The van der Waals surface area contributed by atoms with Gasteiger partial charge in [0.25, 0.3) is 0 Å². The van der Waals surface area contributed by atoms with Crippen molar-refractivity contribution in [3.8, 4) is 0 Å². The summed E-state index contributed by atoms with van der Waals surface area (Å²) in [5, 5.41) is 10.2. The van der Waals surface area contributed by atoms with E-state index in [1.807, 2.05) is 25.3 Å². The molecule has 0 aliphatic carbocycles. The summed E-state index contributed by atoms with van der Waals surface area (Å²) < 4.78 is 0. The second-order valence-electron chi connectivity index (χ2n) is 3.93. The smallest absolute Gasteiger partial charge is 0.102 e. The summed E-state index contributed by atoms with van der Waals surface area (Å²) in [6, 6.07) is 6.02. The molecule has 1 heterocycles. The SMILES string of the molecule is Cc1cccc(C(O)C2=CN=CC2)c1C. The molecule has 2 heteroatoms. The summed E-state index contributed by atoms with van der Waals surface area (Å²) >= 11 is 0. The Bertz CT molecular complexity index is 432. The first-order chi connectivity index (χ1) is 7.20. The van der Waals surface area contributed by atoms with Gasteiger partial charge >= 0.3 is 0 Å². The first kappa shape index (κ1) is 10.1. The minimum Gasteiger partial charge on any atom is -0.384 e. The number of aryl methyl sites for hydroxylation is 1. The number of hydrogen-bond acceptors (Lipinski definition) is 2. The van der Waals surface area contributed by atoms with Crippen molar-refractivity contribution < 1.29 is 5.11 Å². The molecule has 78 valence electrons. The highest BCUT2D eigenvalue weighted by Gasteiger charge is 2.16. The van der Waals surface area contributed by atoms with Gasteiger partial charge in [-0.15, -0.1) is 0 Å². The predicted octanol–water partition coefficient (Wildman–Crippen LogP) is 2.70. The standard InChI is InChI=1S/C13H15NO/c1-9-4-3-5-12(10(9)2)13(15)11-6-7-14-8-11/h3-5,7-8,13,15H,6H2,1-2H3. The van der Waals surface area contributed by atoms with Gasteiger partial charge < -0.3 is 5.11 Å². The third kappa shape index (κ3) is 1.85. The van der Waals surface area contributed by atoms with Gasteiger partial charge in [-0.05, 0) is 36.1 Å². The van der Waals surface area contributed by atoms with Crippen molar-refractivity contribution in [2.45, 2.75) is 26.4 Å². The maximum atomic E-state index is 10.2. The summed E-state index contributed by atoms with van der Waals surface area (Å²) in [5.41, 5.74) is 4.35. The molecule has 1 N–H and O–H groups in total. The lowest BCUT2D eigenvalue weighted by atomic mass is 9.94. The van der Waals surface area contributed by atoms with Crippen LogP contribution in [0.1, 0.15) is 29.2 Å². The zero-order valence-corrected chi connectivity index (χ0v) is 9.07. The fraction of sp³-hybridized carbons (Fsp3) is 0.308. The lowest BCUT2D eigenvalue weighted by molar-refractivity contribution is 0.213. The Hall–Kier alpha value is -1.41. The van der Waals surface area contributed by atoms with E-state index in [4.69, 9.17) is 0 Å². The van der Waals surface area contributed by atoms with Crippen molar-refractivity contribution >= 4 is 6.21 Å². The van der Waals surface area contributed by atoms with Crippen LogP contribution in [-0.2, 0) is 0 Å². The topological polar surface area (TPSA) is 32.6 Å². The first-order valence-corrected chi connectivity index (χ1v) is 5.15. The molecule has 15 heavy (non-hydrogen) atoms. The summed E-state index contributed by atoms with van der Waals surface area (Å²) in [4.78, 5) is 4.02. The monoisotopic (exact) mass is 201 g/mol. The number of rotatable bonds is 2. The molecule has 1 atom stereocenters. The average Bonchev–Trinajstić information content (AvgIpc) is 2.74. The zero-order valence-electron chi connectivity index (χ0n) is 9.07. The van der Waals surface area contributed by atoms with Gasteiger partial charge in [-0.25, -0.2) is 0 Å². The second kappa shape index (κ2) is 3.99. The second-order valence-corrected chi connectivity index (χ2v) is 3.93. The van der Waals surface area contributed by atoms with Gasteiger partial charge in [-0.2, -0.15) is 0 Å². The van der Waals surface area contributed by atoms with E-state index >= 15 is 0 Å². The summed E-state index contributed by atoms with van der Waals surface area (Å²) in [5.74, 6) is 0. The number of aliphatic imine (C=N–C) groups is 1. The van der Waals surface area contributed by atoms with Crippen molar-refractivity contribution in [2.75, 3.05) is 0 Å². The highest BCUT2D eigenvalue weighted by atomic mass is 16.3. The molecule has 1 aromatic carbocycles. The van der Waals surface area contributed by atoms with Crippen LogP contribution in [0.4, 0.5) is 0 Å². The lowest BCUT2D eigenvalue weighted by Crippen LogP contribution is -2.03. The van der Waals surface area contributed by atoms with Gasteiger partial charge in [0.15, 0.2) is 0 Å². The molecule has 2 rings (SSSR count). The molecule has 1 aliphatic heterocycles. The van der Waals surface area contributed by atoms with Crippen LogP contribution in [0, 0.1) is 13.8 Å². The normalized spacial score (nSPS) is 16.6. The minimum atomic E-state index is -0.507. The van der Waals surface area contributed by atoms with Crippen LogP contribution in [0.5, 0.6) is 0 Å². The highest BCUT2D eigenvalue weighted by Crippen LogP contribution is 2.29. The molecule has 1 aliphatic rings. The van der Waals surface area contributed by atoms with Gasteiger partial charge in [-0.3, -0.25) is 4.99 Å². The fourth-order valence-corrected chi connectivity index (χ4v) is 1.81. The Morgan fingerprint density at radius 3 is 2.80 bits per heavy atom. The molecule has 1 aromatic rings. The number of nitrogens with zero attached hydrogens (tertiary/aromatic N) is 1. The third-order valence-electron chi connectivity index (χ3n) is 2.97. The Labute approximate surface area is 90.0 Å². The molecular formula is C13H15NO. The van der Waals surface area contributed by atoms with Gasteiger partial charge in [-0.1, -0.05) is 18.2 Å². The Kier molecular flexibility index (Phi) is 2.69. The molecule has 2 nitrogen and oxygen atoms in total. The van der Waals surface area contributed by atoms with Gasteiger partial charge in [0.05, 0.1) is 0 Å². The zero-order chi connectivity index (χ0) is 10.8. The van der Waals surface area contributed by atoms with Crippen molar-refractivity contribution in [1.82, 2.24) is 0 Å². The van der Waals surface area contributed by atoms with Gasteiger partial charge in [0, 0.05) is 18.8 Å². The molecule has 0 radical (unpaired) electrons. The summed E-state index contributed by atoms with van der Waals surface area (Å²) in [6.45, 7) is 4.11. The van der Waals surface area contributed by atoms with E-state index in [0.29, 0.717) is 0 Å². The quantitative estimate of drug-likeness (QED) is 0.784. The number of aliphatic hydroxyl groups excluding tert-OH is 1. The van der Waals surface area contributed by atoms with E-state index in [-0.39, 0.29) is 0 Å². The van der Waals surface area contributed by atoms with Crippen LogP contribution in [0.15, 0.2) is 35.0 Å². The summed E-state index contributed by atoms with van der Waals surface area (Å²) in [6.07, 6.45) is 3.83. The fourth-order valence-electron chi connectivity index (χ4n) is 1.81. The number of hydrogen-bond donors (Lipinski definition) is 1. The first-order valence-electron chi connectivity index (χ1n) is 5.15. The van der Waals surface area contributed by atoms with Crippen LogP contribution in [-0.4, -0.2) is 11.3 Å². The maximum Gasteiger partial charge on any atom is 0.102 e. The Balaban J connectivity index is 2.33. The van der Waals surface area contributed by atoms with Crippen molar-refractivity contribution in [3.05, 3.63) is 46.7 Å². The van der Waals surface area contributed by atoms with Crippen LogP contribution < -0.4 is 0 Å². The molecule has 0 amide bonds. The largest absolute Gasteiger partial charge is 0.384 e. The average molecular weight is 201 g/mol. The van der Waals surface area contributed by atoms with Gasteiger partial charge in [0.2, 0.25) is 0 Å². The number of aliphatic hydroxyl groups is 1. The third-order valence-corrected chi connectivity index (χ3v) is 2.97. The van der Waals surface area contributed by atoms with E-state index in [2.05, 4.69) is 18.0 Å². The van der Waals surface area contributed by atoms with E-state index in [9.17, 15) is 5.11 Å². The minimum absolute atomic E-state index is 0.507. The van der Waals surface area contributed by atoms with Crippen molar-refractivity contribution in [1.29, 1.82) is 0 Å². The molecule has 0 saturated heterocycles. The molecule has 0 bridgehead atoms. The van der Waals surface area contributed by atoms with E-state index in [1.165, 1.54) is 5.56 Å². The molecule has 0 aromatic heterocycles. The highest BCUT2D eigenvalue weighted by molar-refractivity contribution is 5.66. The van der Waals surface area contributed by atoms with Crippen LogP contribution in [0.2, 0.25) is 0 Å². The van der Waals surface area contributed by atoms with Crippen LogP contribution >= 0.6 is 0 Å². The maximum absolute atomic E-state index is 10.2. The Morgan fingerprint density at radius 1 is 1.33 bits per heavy atom. The van der Waals surface area contributed by atoms with Crippen molar-refractivity contribution in [2.24, 2.45) is 4.99 Å². The molecule has 0 fully saturated rings. The van der Waals surface area contributed by atoms with Crippen LogP contribution in [0.25, 0.3) is 0 Å². The molecule has 0 saturated carbocycles. The van der Waals surface area contributed by atoms with E-state index in [0.717, 1.165) is 23.1 Å².